The molecule has 1 fully saturated rings. The van der Waals surface area contributed by atoms with Crippen molar-refractivity contribution in [3.05, 3.63) is 77.1 Å². The van der Waals surface area contributed by atoms with Gasteiger partial charge in [0, 0.05) is 10.7 Å². The third-order valence-electron chi connectivity index (χ3n) is 5.18. The molecule has 1 N–H and O–H groups in total. The number of fused-ring (bicyclic) bond motifs is 1. The Hall–Kier alpha value is -3.12. The first kappa shape index (κ1) is 17.0. The monoisotopic (exact) mass is 391 g/mol. The number of aromatic nitrogens is 4. The van der Waals surface area contributed by atoms with Crippen molar-refractivity contribution in [3.8, 4) is 5.75 Å². The predicted molar refractivity (Wildman–Crippen MR) is 109 cm³/mol. The predicted octanol–water partition coefficient (Wildman–Crippen LogP) is 4.61. The molecule has 5 rings (SSSR count). The SMILES string of the molecule is COc1ccc(C2(c3nnc4ccc(Nc5cccc(Cl)c5)nn34)CC2)cc1. The molecule has 0 radical (unpaired) electrons. The molecule has 0 saturated heterocycles. The van der Waals surface area contributed by atoms with Crippen molar-refractivity contribution < 1.29 is 4.74 Å². The van der Waals surface area contributed by atoms with E-state index in [4.69, 9.17) is 21.4 Å². The van der Waals surface area contributed by atoms with Crippen LogP contribution in [-0.2, 0) is 5.41 Å². The quantitative estimate of drug-likeness (QED) is 0.538. The highest BCUT2D eigenvalue weighted by Gasteiger charge is 2.50. The van der Waals surface area contributed by atoms with E-state index in [1.807, 2.05) is 53.0 Å². The van der Waals surface area contributed by atoms with Gasteiger partial charge in [-0.15, -0.1) is 15.3 Å². The fraction of sp³-hybridized carbons (Fsp3) is 0.190. The average Bonchev–Trinajstić information content (AvgIpc) is 3.41. The first-order valence-electron chi connectivity index (χ1n) is 9.08. The largest absolute Gasteiger partial charge is 0.497 e. The summed E-state index contributed by atoms with van der Waals surface area (Å²) in [5.41, 5.74) is 2.67. The fourth-order valence-electron chi connectivity index (χ4n) is 3.54. The Labute approximate surface area is 167 Å². The number of methoxy groups -OCH3 is 1. The minimum absolute atomic E-state index is 0.145. The van der Waals surface area contributed by atoms with Gasteiger partial charge in [0.2, 0.25) is 0 Å². The van der Waals surface area contributed by atoms with Crippen molar-refractivity contribution >= 4 is 28.8 Å². The third-order valence-corrected chi connectivity index (χ3v) is 5.42. The van der Waals surface area contributed by atoms with E-state index in [2.05, 4.69) is 27.6 Å². The standard InChI is InChI=1S/C21H18ClN5O/c1-28-17-7-5-14(6-8-17)21(11-12-21)20-25-24-19-10-9-18(26-27(19)20)23-16-4-2-3-15(22)13-16/h2-10,13H,11-12H2,1H3,(H,23,26). The summed E-state index contributed by atoms with van der Waals surface area (Å²) in [4.78, 5) is 0. The van der Waals surface area contributed by atoms with Crippen molar-refractivity contribution in [2.45, 2.75) is 18.3 Å². The molecule has 0 atom stereocenters. The maximum atomic E-state index is 6.08. The van der Waals surface area contributed by atoms with Crippen molar-refractivity contribution in [2.75, 3.05) is 12.4 Å². The van der Waals surface area contributed by atoms with Crippen LogP contribution in [0.15, 0.2) is 60.7 Å². The molecule has 2 aromatic heterocycles. The van der Waals surface area contributed by atoms with Gasteiger partial charge < -0.3 is 10.1 Å². The first-order chi connectivity index (χ1) is 13.7. The van der Waals surface area contributed by atoms with Crippen LogP contribution >= 0.6 is 11.6 Å². The molecule has 0 spiro atoms. The average molecular weight is 392 g/mol. The fourth-order valence-corrected chi connectivity index (χ4v) is 3.73. The summed E-state index contributed by atoms with van der Waals surface area (Å²) in [7, 11) is 1.67. The molecule has 28 heavy (non-hydrogen) atoms. The summed E-state index contributed by atoms with van der Waals surface area (Å²) >= 11 is 6.08. The van der Waals surface area contributed by atoms with Crippen LogP contribution in [0.25, 0.3) is 5.65 Å². The maximum Gasteiger partial charge on any atom is 0.178 e. The van der Waals surface area contributed by atoms with Gasteiger partial charge in [0.05, 0.1) is 12.5 Å². The number of ether oxygens (including phenoxy) is 1. The molecule has 7 heteroatoms. The molecule has 1 aliphatic rings. The lowest BCUT2D eigenvalue weighted by Crippen LogP contribution is -2.15. The Morgan fingerprint density at radius 1 is 1.04 bits per heavy atom. The van der Waals surface area contributed by atoms with Crippen LogP contribution in [0, 0.1) is 0 Å². The zero-order valence-electron chi connectivity index (χ0n) is 15.3. The lowest BCUT2D eigenvalue weighted by Gasteiger charge is -2.14. The van der Waals surface area contributed by atoms with E-state index < -0.39 is 0 Å². The Bertz CT molecular complexity index is 1150. The molecule has 4 aromatic rings. The number of anilines is 2. The minimum Gasteiger partial charge on any atom is -0.497 e. The second kappa shape index (κ2) is 6.49. The molecule has 1 aliphatic carbocycles. The van der Waals surface area contributed by atoms with Crippen LogP contribution in [0.3, 0.4) is 0 Å². The smallest absolute Gasteiger partial charge is 0.178 e. The molecule has 6 nitrogen and oxygen atoms in total. The van der Waals surface area contributed by atoms with Crippen molar-refractivity contribution in [3.63, 3.8) is 0 Å². The summed E-state index contributed by atoms with van der Waals surface area (Å²) in [5.74, 6) is 2.42. The molecule has 2 heterocycles. The lowest BCUT2D eigenvalue weighted by molar-refractivity contribution is 0.414. The molecule has 0 bridgehead atoms. The summed E-state index contributed by atoms with van der Waals surface area (Å²) in [6.45, 7) is 0. The first-order valence-corrected chi connectivity index (χ1v) is 9.46. The van der Waals surface area contributed by atoms with Gasteiger partial charge in [0.25, 0.3) is 0 Å². The topological polar surface area (TPSA) is 64.3 Å². The van der Waals surface area contributed by atoms with Gasteiger partial charge in [-0.3, -0.25) is 0 Å². The van der Waals surface area contributed by atoms with Gasteiger partial charge in [-0.2, -0.15) is 4.52 Å². The van der Waals surface area contributed by atoms with E-state index in [-0.39, 0.29) is 5.41 Å². The molecule has 140 valence electrons. The van der Waals surface area contributed by atoms with Gasteiger partial charge in [0.15, 0.2) is 17.3 Å². The minimum atomic E-state index is -0.145. The molecular weight excluding hydrogens is 374 g/mol. The van der Waals surface area contributed by atoms with E-state index in [1.165, 1.54) is 5.56 Å². The number of benzene rings is 2. The highest BCUT2D eigenvalue weighted by Crippen LogP contribution is 2.52. The highest BCUT2D eigenvalue weighted by molar-refractivity contribution is 6.30. The van der Waals surface area contributed by atoms with E-state index in [1.54, 1.807) is 7.11 Å². The van der Waals surface area contributed by atoms with Crippen LogP contribution in [0.4, 0.5) is 11.5 Å². The second-order valence-electron chi connectivity index (χ2n) is 6.96. The Kier molecular flexibility index (Phi) is 3.94. The summed E-state index contributed by atoms with van der Waals surface area (Å²) in [6, 6.07) is 19.5. The number of halogens is 1. The Balaban J connectivity index is 1.53. The van der Waals surface area contributed by atoms with Crippen molar-refractivity contribution in [2.24, 2.45) is 0 Å². The number of rotatable bonds is 5. The molecule has 0 amide bonds. The van der Waals surface area contributed by atoms with Crippen LogP contribution in [-0.4, -0.2) is 26.9 Å². The van der Waals surface area contributed by atoms with Gasteiger partial charge in [0.1, 0.15) is 5.75 Å². The van der Waals surface area contributed by atoms with Crippen LogP contribution in [0.2, 0.25) is 5.02 Å². The van der Waals surface area contributed by atoms with Crippen LogP contribution < -0.4 is 10.1 Å². The van der Waals surface area contributed by atoms with E-state index in [0.717, 1.165) is 35.8 Å². The number of nitrogens with zero attached hydrogens (tertiary/aromatic N) is 4. The van der Waals surface area contributed by atoms with Crippen molar-refractivity contribution in [1.29, 1.82) is 0 Å². The lowest BCUT2D eigenvalue weighted by atomic mass is 9.95. The number of hydrogen-bond acceptors (Lipinski definition) is 5. The van der Waals surface area contributed by atoms with Gasteiger partial charge in [-0.05, 0) is 60.9 Å². The van der Waals surface area contributed by atoms with Crippen LogP contribution in [0.5, 0.6) is 5.75 Å². The molecule has 0 aliphatic heterocycles. The molecule has 1 saturated carbocycles. The zero-order chi connectivity index (χ0) is 19.1. The molecular formula is C21H18ClN5O. The van der Waals surface area contributed by atoms with E-state index in [9.17, 15) is 0 Å². The third kappa shape index (κ3) is 2.86. The Morgan fingerprint density at radius 3 is 2.57 bits per heavy atom. The molecule has 2 aromatic carbocycles. The van der Waals surface area contributed by atoms with Crippen molar-refractivity contribution in [1.82, 2.24) is 19.8 Å². The normalized spacial score (nSPS) is 14.8. The van der Waals surface area contributed by atoms with Gasteiger partial charge in [-0.1, -0.05) is 29.8 Å². The number of nitrogens with one attached hydrogen (secondary N) is 1. The van der Waals surface area contributed by atoms with Crippen LogP contribution in [0.1, 0.15) is 24.2 Å². The van der Waals surface area contributed by atoms with Gasteiger partial charge in [-0.25, -0.2) is 0 Å². The summed E-state index contributed by atoms with van der Waals surface area (Å²) < 4.78 is 7.12. The van der Waals surface area contributed by atoms with Gasteiger partial charge >= 0.3 is 0 Å². The van der Waals surface area contributed by atoms with E-state index in [0.29, 0.717) is 10.8 Å². The second-order valence-corrected chi connectivity index (χ2v) is 7.39. The summed E-state index contributed by atoms with van der Waals surface area (Å²) in [5, 5.41) is 17.5. The molecule has 0 unspecified atom stereocenters. The summed E-state index contributed by atoms with van der Waals surface area (Å²) in [6.07, 6.45) is 2.04. The van der Waals surface area contributed by atoms with E-state index >= 15 is 0 Å². The maximum absolute atomic E-state index is 6.08. The Morgan fingerprint density at radius 2 is 1.86 bits per heavy atom. The number of hydrogen-bond donors (Lipinski definition) is 1. The highest BCUT2D eigenvalue weighted by atomic mass is 35.5. The zero-order valence-corrected chi connectivity index (χ0v) is 16.0.